The van der Waals surface area contributed by atoms with E-state index in [-0.39, 0.29) is 6.04 Å². The van der Waals surface area contributed by atoms with Crippen LogP contribution >= 0.6 is 12.2 Å². The fourth-order valence-electron chi connectivity index (χ4n) is 3.91. The van der Waals surface area contributed by atoms with Crippen LogP contribution in [0.3, 0.4) is 0 Å². The number of para-hydroxylation sites is 3. The molecule has 2 aromatic rings. The lowest BCUT2D eigenvalue weighted by atomic mass is 9.90. The normalized spacial score (nSPS) is 23.1. The van der Waals surface area contributed by atoms with E-state index in [1.165, 1.54) is 0 Å². The SMILES string of the molecule is CCOc1ccccc1N1C(=S)NC2CC1(C)Oc1c(OCC)cccc12. The van der Waals surface area contributed by atoms with E-state index in [9.17, 15) is 0 Å². The fraction of sp³-hybridized carbons (Fsp3) is 0.381. The Hall–Kier alpha value is -2.47. The van der Waals surface area contributed by atoms with Gasteiger partial charge in [-0.05, 0) is 51.2 Å². The van der Waals surface area contributed by atoms with Crippen LogP contribution in [0.5, 0.6) is 17.2 Å². The maximum Gasteiger partial charge on any atom is 0.188 e. The van der Waals surface area contributed by atoms with Crippen LogP contribution in [0, 0.1) is 0 Å². The average molecular weight is 385 g/mol. The standard InChI is InChI=1S/C21H24N2O3S/c1-4-24-17-11-7-6-10-16(17)23-20(27)22-15-13-21(23,3)26-19-14(15)9-8-12-18(19)25-5-2/h6-12,15H,4-5,13H2,1-3H3,(H,22,27). The van der Waals surface area contributed by atoms with Gasteiger partial charge in [0.25, 0.3) is 0 Å². The Morgan fingerprint density at radius 2 is 1.81 bits per heavy atom. The molecular formula is C21H24N2O3S. The van der Waals surface area contributed by atoms with E-state index in [1.54, 1.807) is 0 Å². The van der Waals surface area contributed by atoms with Gasteiger partial charge in [0.1, 0.15) is 5.75 Å². The monoisotopic (exact) mass is 384 g/mol. The predicted molar refractivity (Wildman–Crippen MR) is 110 cm³/mol. The lowest BCUT2D eigenvalue weighted by Gasteiger charge is -2.52. The predicted octanol–water partition coefficient (Wildman–Crippen LogP) is 4.42. The summed E-state index contributed by atoms with van der Waals surface area (Å²) in [5.74, 6) is 2.34. The third-order valence-corrected chi connectivity index (χ3v) is 5.27. The van der Waals surface area contributed by atoms with Crippen molar-refractivity contribution in [3.05, 3.63) is 48.0 Å². The van der Waals surface area contributed by atoms with Crippen LogP contribution in [0.2, 0.25) is 0 Å². The van der Waals surface area contributed by atoms with Gasteiger partial charge in [-0.1, -0.05) is 24.3 Å². The van der Waals surface area contributed by atoms with Gasteiger partial charge in [0, 0.05) is 12.0 Å². The van der Waals surface area contributed by atoms with Crippen molar-refractivity contribution in [1.29, 1.82) is 0 Å². The number of nitrogens with zero attached hydrogens (tertiary/aromatic N) is 1. The Labute approximate surface area is 165 Å². The van der Waals surface area contributed by atoms with Crippen molar-refractivity contribution >= 4 is 23.0 Å². The highest BCUT2D eigenvalue weighted by molar-refractivity contribution is 7.80. The van der Waals surface area contributed by atoms with E-state index in [1.807, 2.05) is 55.1 Å². The summed E-state index contributed by atoms with van der Waals surface area (Å²) in [4.78, 5) is 2.02. The van der Waals surface area contributed by atoms with Crippen LogP contribution < -0.4 is 24.4 Å². The molecule has 4 rings (SSSR count). The second-order valence-electron chi connectivity index (χ2n) is 6.83. The number of fused-ring (bicyclic) bond motifs is 4. The third kappa shape index (κ3) is 2.98. The van der Waals surface area contributed by atoms with Crippen LogP contribution in [0.25, 0.3) is 0 Å². The molecule has 2 unspecified atom stereocenters. The van der Waals surface area contributed by atoms with Crippen LogP contribution in [0.15, 0.2) is 42.5 Å². The number of hydrogen-bond acceptors (Lipinski definition) is 4. The molecule has 2 aliphatic heterocycles. The van der Waals surface area contributed by atoms with E-state index in [2.05, 4.69) is 18.3 Å². The molecule has 0 saturated carbocycles. The van der Waals surface area contributed by atoms with Crippen molar-refractivity contribution in [2.75, 3.05) is 18.1 Å². The summed E-state index contributed by atoms with van der Waals surface area (Å²) in [7, 11) is 0. The molecule has 2 atom stereocenters. The Morgan fingerprint density at radius 1 is 1.11 bits per heavy atom. The lowest BCUT2D eigenvalue weighted by Crippen LogP contribution is -2.65. The minimum atomic E-state index is -0.638. The van der Waals surface area contributed by atoms with E-state index in [0.29, 0.717) is 18.3 Å². The maximum absolute atomic E-state index is 6.56. The van der Waals surface area contributed by atoms with Crippen LogP contribution in [0.1, 0.15) is 38.8 Å². The highest BCUT2D eigenvalue weighted by Gasteiger charge is 2.49. The number of anilines is 1. The Morgan fingerprint density at radius 3 is 2.59 bits per heavy atom. The number of rotatable bonds is 5. The molecule has 2 aliphatic rings. The molecule has 142 valence electrons. The summed E-state index contributed by atoms with van der Waals surface area (Å²) < 4.78 is 18.2. The number of benzene rings is 2. The summed E-state index contributed by atoms with van der Waals surface area (Å²) in [5.41, 5.74) is 1.34. The molecule has 0 aliphatic carbocycles. The molecule has 2 bridgehead atoms. The van der Waals surface area contributed by atoms with Gasteiger partial charge < -0.3 is 19.5 Å². The Balaban J connectivity index is 1.80. The van der Waals surface area contributed by atoms with E-state index < -0.39 is 5.72 Å². The zero-order valence-corrected chi connectivity index (χ0v) is 16.6. The first-order chi connectivity index (χ1) is 13.1. The highest BCUT2D eigenvalue weighted by atomic mass is 32.1. The van der Waals surface area contributed by atoms with Gasteiger partial charge in [-0.2, -0.15) is 0 Å². The van der Waals surface area contributed by atoms with E-state index in [4.69, 9.17) is 26.4 Å². The molecule has 2 heterocycles. The van der Waals surface area contributed by atoms with Crippen LogP contribution in [-0.4, -0.2) is 24.1 Å². The van der Waals surface area contributed by atoms with Crippen LogP contribution in [-0.2, 0) is 0 Å². The molecule has 5 nitrogen and oxygen atoms in total. The largest absolute Gasteiger partial charge is 0.492 e. The molecule has 2 aromatic carbocycles. The number of ether oxygens (including phenoxy) is 3. The first-order valence-electron chi connectivity index (χ1n) is 9.34. The molecule has 0 aromatic heterocycles. The molecule has 0 amide bonds. The molecule has 0 radical (unpaired) electrons. The van der Waals surface area contributed by atoms with Crippen molar-refractivity contribution in [1.82, 2.24) is 5.32 Å². The third-order valence-electron chi connectivity index (χ3n) is 4.97. The fourth-order valence-corrected chi connectivity index (χ4v) is 4.35. The van der Waals surface area contributed by atoms with Gasteiger partial charge in [0.2, 0.25) is 0 Å². The van der Waals surface area contributed by atoms with Gasteiger partial charge in [-0.25, -0.2) is 0 Å². The molecular weight excluding hydrogens is 360 g/mol. The van der Waals surface area contributed by atoms with E-state index in [0.717, 1.165) is 34.9 Å². The van der Waals surface area contributed by atoms with Gasteiger partial charge >= 0.3 is 0 Å². The zero-order chi connectivity index (χ0) is 19.0. The van der Waals surface area contributed by atoms with Crippen LogP contribution in [0.4, 0.5) is 5.69 Å². The second kappa shape index (κ2) is 6.93. The summed E-state index contributed by atoms with van der Waals surface area (Å²) in [6, 6.07) is 14.0. The molecule has 6 heteroatoms. The van der Waals surface area contributed by atoms with E-state index >= 15 is 0 Å². The van der Waals surface area contributed by atoms with Crippen molar-refractivity contribution < 1.29 is 14.2 Å². The summed E-state index contributed by atoms with van der Waals surface area (Å²) in [6.07, 6.45) is 0.760. The summed E-state index contributed by atoms with van der Waals surface area (Å²) >= 11 is 5.74. The lowest BCUT2D eigenvalue weighted by molar-refractivity contribution is 0.0453. The van der Waals surface area contributed by atoms with Crippen molar-refractivity contribution in [3.63, 3.8) is 0 Å². The number of thiocarbonyl (C=S) groups is 1. The highest BCUT2D eigenvalue weighted by Crippen LogP contribution is 2.50. The smallest absolute Gasteiger partial charge is 0.188 e. The van der Waals surface area contributed by atoms with Crippen molar-refractivity contribution in [2.24, 2.45) is 0 Å². The Bertz CT molecular complexity index is 872. The topological polar surface area (TPSA) is 43.0 Å². The molecule has 1 fully saturated rings. The molecule has 27 heavy (non-hydrogen) atoms. The Kier molecular flexibility index (Phi) is 4.60. The molecule has 1 N–H and O–H groups in total. The summed E-state index contributed by atoms with van der Waals surface area (Å²) in [6.45, 7) is 7.19. The summed E-state index contributed by atoms with van der Waals surface area (Å²) in [5, 5.41) is 4.12. The zero-order valence-electron chi connectivity index (χ0n) is 15.8. The maximum atomic E-state index is 6.56. The first-order valence-corrected chi connectivity index (χ1v) is 9.75. The molecule has 0 spiro atoms. The average Bonchev–Trinajstić information content (AvgIpc) is 2.64. The number of hydrogen-bond donors (Lipinski definition) is 1. The molecule has 1 saturated heterocycles. The van der Waals surface area contributed by atoms with Gasteiger partial charge in [-0.15, -0.1) is 0 Å². The van der Waals surface area contributed by atoms with Crippen molar-refractivity contribution in [2.45, 2.75) is 39.0 Å². The van der Waals surface area contributed by atoms with Crippen molar-refractivity contribution in [3.8, 4) is 17.2 Å². The van der Waals surface area contributed by atoms with Gasteiger partial charge in [-0.3, -0.25) is 4.90 Å². The minimum absolute atomic E-state index is 0.0853. The van der Waals surface area contributed by atoms with Gasteiger partial charge in [0.05, 0.1) is 24.9 Å². The second-order valence-corrected chi connectivity index (χ2v) is 7.21. The number of nitrogens with one attached hydrogen (secondary N) is 1. The minimum Gasteiger partial charge on any atom is -0.492 e. The first kappa shape index (κ1) is 17.9. The van der Waals surface area contributed by atoms with Gasteiger partial charge in [0.15, 0.2) is 22.3 Å². The quantitative estimate of drug-likeness (QED) is 0.770.